The van der Waals surface area contributed by atoms with Gasteiger partial charge < -0.3 is 9.47 Å². The summed E-state index contributed by atoms with van der Waals surface area (Å²) in [6, 6.07) is 0. The molecule has 0 aliphatic heterocycles. The average Bonchev–Trinajstić information content (AvgIpc) is 2.21. The highest BCUT2D eigenvalue weighted by Gasteiger charge is 2.25. The largest absolute Gasteiger partial charge is 0.382 e. The van der Waals surface area contributed by atoms with Crippen LogP contribution in [0, 0.1) is 5.41 Å². The van der Waals surface area contributed by atoms with E-state index in [0.717, 1.165) is 24.8 Å². The van der Waals surface area contributed by atoms with E-state index in [1.54, 1.807) is 7.11 Å². The van der Waals surface area contributed by atoms with Gasteiger partial charge >= 0.3 is 0 Å². The van der Waals surface area contributed by atoms with Gasteiger partial charge in [0.2, 0.25) is 0 Å². The summed E-state index contributed by atoms with van der Waals surface area (Å²) in [5.41, 5.74) is 0.294. The second-order valence-corrected chi connectivity index (χ2v) is 4.48. The molecule has 2 nitrogen and oxygen atoms in total. The lowest BCUT2D eigenvalue weighted by atomic mass is 9.86. The van der Waals surface area contributed by atoms with Crippen LogP contribution in [0.1, 0.15) is 33.6 Å². The number of hydrogen-bond acceptors (Lipinski definition) is 2. The van der Waals surface area contributed by atoms with Gasteiger partial charge in [-0.15, -0.1) is 0 Å². The zero-order valence-corrected chi connectivity index (χ0v) is 11.4. The molecular weight excluding hydrogens is 244 g/mol. The predicted molar refractivity (Wildman–Crippen MR) is 64.1 cm³/mol. The number of ether oxygens (including phenoxy) is 2. The predicted octanol–water partition coefficient (Wildman–Crippen LogP) is 3.24. The molecule has 1 unspecified atom stereocenters. The van der Waals surface area contributed by atoms with Gasteiger partial charge in [-0.1, -0.05) is 29.8 Å². The van der Waals surface area contributed by atoms with Crippen LogP contribution in [0.5, 0.6) is 0 Å². The van der Waals surface area contributed by atoms with Crippen molar-refractivity contribution in [1.82, 2.24) is 0 Å². The van der Waals surface area contributed by atoms with E-state index in [0.29, 0.717) is 12.0 Å². The van der Waals surface area contributed by atoms with E-state index in [2.05, 4.69) is 29.8 Å². The summed E-state index contributed by atoms with van der Waals surface area (Å²) < 4.78 is 10.8. The van der Waals surface area contributed by atoms with Crippen molar-refractivity contribution >= 4 is 15.9 Å². The second-order valence-electron chi connectivity index (χ2n) is 3.92. The Balaban J connectivity index is 3.92. The topological polar surface area (TPSA) is 18.5 Å². The van der Waals surface area contributed by atoms with Crippen molar-refractivity contribution in [3.05, 3.63) is 0 Å². The molecule has 0 aromatic heterocycles. The number of alkyl halides is 1. The lowest BCUT2D eigenvalue weighted by molar-refractivity contribution is -0.0298. The van der Waals surface area contributed by atoms with E-state index < -0.39 is 0 Å². The van der Waals surface area contributed by atoms with Gasteiger partial charge in [0.25, 0.3) is 0 Å². The van der Waals surface area contributed by atoms with Gasteiger partial charge in [0.1, 0.15) is 0 Å². The Kier molecular flexibility index (Phi) is 7.88. The second kappa shape index (κ2) is 7.66. The molecule has 0 aliphatic carbocycles. The van der Waals surface area contributed by atoms with Crippen LogP contribution in [0.15, 0.2) is 0 Å². The van der Waals surface area contributed by atoms with Gasteiger partial charge in [0, 0.05) is 17.9 Å². The number of halogens is 1. The maximum Gasteiger partial charge on any atom is 0.0780 e. The first-order valence-corrected chi connectivity index (χ1v) is 6.42. The average molecular weight is 267 g/mol. The molecule has 0 bridgehead atoms. The fraction of sp³-hybridized carbons (Fsp3) is 1.00. The first-order valence-electron chi connectivity index (χ1n) is 5.30. The summed E-state index contributed by atoms with van der Waals surface area (Å²) in [5.74, 6) is 0. The van der Waals surface area contributed by atoms with E-state index >= 15 is 0 Å². The minimum atomic E-state index is 0.191. The number of methoxy groups -OCH3 is 1. The Hall–Kier alpha value is 0.400. The van der Waals surface area contributed by atoms with Crippen LogP contribution in [0.4, 0.5) is 0 Å². The van der Waals surface area contributed by atoms with E-state index in [1.165, 1.54) is 0 Å². The van der Waals surface area contributed by atoms with Crippen LogP contribution in [-0.2, 0) is 9.47 Å². The molecule has 0 N–H and O–H groups in total. The quantitative estimate of drug-likeness (QED) is 0.628. The lowest BCUT2D eigenvalue weighted by Gasteiger charge is -2.30. The molecule has 0 aliphatic rings. The van der Waals surface area contributed by atoms with Crippen LogP contribution < -0.4 is 0 Å². The maximum absolute atomic E-state index is 5.77. The van der Waals surface area contributed by atoms with Gasteiger partial charge in [-0.2, -0.15) is 0 Å². The van der Waals surface area contributed by atoms with Crippen molar-refractivity contribution in [2.75, 3.05) is 25.7 Å². The Labute approximate surface area is 96.5 Å². The van der Waals surface area contributed by atoms with Crippen molar-refractivity contribution in [1.29, 1.82) is 0 Å². The molecule has 0 radical (unpaired) electrons. The monoisotopic (exact) mass is 266 g/mol. The maximum atomic E-state index is 5.77. The highest BCUT2D eigenvalue weighted by atomic mass is 79.9. The minimum Gasteiger partial charge on any atom is -0.382 e. The third-order valence-corrected chi connectivity index (χ3v) is 4.05. The van der Waals surface area contributed by atoms with E-state index in [-0.39, 0.29) is 6.10 Å². The fourth-order valence-corrected chi connectivity index (χ4v) is 2.24. The van der Waals surface area contributed by atoms with E-state index in [1.807, 2.05) is 6.92 Å². The molecule has 86 valence electrons. The normalized spacial score (nSPS) is 14.4. The van der Waals surface area contributed by atoms with Gasteiger partial charge in [-0.25, -0.2) is 0 Å². The fourth-order valence-electron chi connectivity index (χ4n) is 1.28. The van der Waals surface area contributed by atoms with E-state index in [9.17, 15) is 0 Å². The van der Waals surface area contributed by atoms with Crippen molar-refractivity contribution in [3.63, 3.8) is 0 Å². The summed E-state index contributed by atoms with van der Waals surface area (Å²) in [6.45, 7) is 7.97. The minimum absolute atomic E-state index is 0.191. The molecule has 0 saturated heterocycles. The summed E-state index contributed by atoms with van der Waals surface area (Å²) in [5, 5.41) is 1.01. The van der Waals surface area contributed by atoms with Crippen LogP contribution in [0.25, 0.3) is 0 Å². The summed E-state index contributed by atoms with van der Waals surface area (Å²) in [7, 11) is 1.71. The molecule has 14 heavy (non-hydrogen) atoms. The summed E-state index contributed by atoms with van der Waals surface area (Å²) in [6.07, 6.45) is 2.49. The molecule has 0 rings (SSSR count). The molecule has 0 fully saturated rings. The van der Waals surface area contributed by atoms with Crippen molar-refractivity contribution in [2.45, 2.75) is 39.7 Å². The van der Waals surface area contributed by atoms with Crippen LogP contribution in [0.2, 0.25) is 0 Å². The molecule has 0 heterocycles. The summed E-state index contributed by atoms with van der Waals surface area (Å²) in [4.78, 5) is 0. The molecule has 0 aromatic carbocycles. The van der Waals surface area contributed by atoms with Crippen molar-refractivity contribution in [3.8, 4) is 0 Å². The lowest BCUT2D eigenvalue weighted by Crippen LogP contribution is -2.30. The van der Waals surface area contributed by atoms with Gasteiger partial charge in [-0.3, -0.25) is 0 Å². The van der Waals surface area contributed by atoms with Crippen LogP contribution in [-0.4, -0.2) is 31.8 Å². The Morgan fingerprint density at radius 3 is 2.21 bits per heavy atom. The van der Waals surface area contributed by atoms with Gasteiger partial charge in [0.05, 0.1) is 19.3 Å². The highest BCUT2D eigenvalue weighted by Crippen LogP contribution is 2.29. The molecular formula is C11H23BrO2. The van der Waals surface area contributed by atoms with Crippen LogP contribution in [0.3, 0.4) is 0 Å². The van der Waals surface area contributed by atoms with Crippen molar-refractivity contribution in [2.24, 2.45) is 5.41 Å². The molecule has 0 aromatic rings. The molecule has 0 spiro atoms. The summed E-state index contributed by atoms with van der Waals surface area (Å²) >= 11 is 3.57. The number of rotatable bonds is 8. The zero-order chi connectivity index (χ0) is 11.0. The standard InChI is InChI=1S/C11H23BrO2/c1-5-11(6-2,8-12)9-14-10(3)7-13-4/h10H,5-9H2,1-4H3. The van der Waals surface area contributed by atoms with Gasteiger partial charge in [-0.05, 0) is 19.8 Å². The number of hydrogen-bond donors (Lipinski definition) is 0. The molecule has 0 saturated carbocycles. The Bertz CT molecular complexity index is 127. The molecule has 3 heteroatoms. The first kappa shape index (κ1) is 14.4. The van der Waals surface area contributed by atoms with Crippen LogP contribution >= 0.6 is 15.9 Å². The third-order valence-electron chi connectivity index (χ3n) is 2.86. The van der Waals surface area contributed by atoms with Crippen molar-refractivity contribution < 1.29 is 9.47 Å². The molecule has 1 atom stereocenters. The van der Waals surface area contributed by atoms with Gasteiger partial charge in [0.15, 0.2) is 0 Å². The first-order chi connectivity index (χ1) is 6.64. The Morgan fingerprint density at radius 1 is 1.29 bits per heavy atom. The smallest absolute Gasteiger partial charge is 0.0780 e. The SMILES string of the molecule is CCC(CC)(CBr)COC(C)COC. The molecule has 0 amide bonds. The third kappa shape index (κ3) is 4.76. The van der Waals surface area contributed by atoms with E-state index in [4.69, 9.17) is 9.47 Å². The Morgan fingerprint density at radius 2 is 1.86 bits per heavy atom. The zero-order valence-electron chi connectivity index (χ0n) is 9.81. The highest BCUT2D eigenvalue weighted by molar-refractivity contribution is 9.09.